The van der Waals surface area contributed by atoms with Crippen LogP contribution in [0.15, 0.2) is 42.7 Å². The Morgan fingerprint density at radius 2 is 1.83 bits per heavy atom. The van der Waals surface area contributed by atoms with Crippen molar-refractivity contribution in [2.24, 2.45) is 0 Å². The van der Waals surface area contributed by atoms with Crippen LogP contribution in [0.4, 0.5) is 0 Å². The van der Waals surface area contributed by atoms with Crippen molar-refractivity contribution in [3.05, 3.63) is 59.7 Å². The molecular formula is C15H17N3O4S. The third-order valence-corrected chi connectivity index (χ3v) is 4.76. The summed E-state index contributed by atoms with van der Waals surface area (Å²) in [6.45, 7) is 1.76. The molecule has 1 atom stereocenters. The average molecular weight is 335 g/mol. The molecule has 0 aliphatic heterocycles. The summed E-state index contributed by atoms with van der Waals surface area (Å²) < 4.78 is 26.6. The molecule has 0 aliphatic rings. The summed E-state index contributed by atoms with van der Waals surface area (Å²) in [4.78, 5) is 18.3. The second-order valence-corrected chi connectivity index (χ2v) is 6.96. The number of nitrogens with one attached hydrogen (secondary N) is 1. The predicted octanol–water partition coefficient (Wildman–Crippen LogP) is 1.40. The van der Waals surface area contributed by atoms with E-state index in [0.717, 1.165) is 18.0 Å². The van der Waals surface area contributed by atoms with Crippen LogP contribution in [-0.4, -0.2) is 35.2 Å². The smallest absolute Gasteiger partial charge is 0.338 e. The van der Waals surface area contributed by atoms with Crippen LogP contribution in [0, 0.1) is 0 Å². The van der Waals surface area contributed by atoms with Crippen molar-refractivity contribution in [3.8, 4) is 0 Å². The zero-order chi connectivity index (χ0) is 16.9. The summed E-state index contributed by atoms with van der Waals surface area (Å²) in [5, 5.41) is 8.75. The topological polar surface area (TPSA) is 109 Å². The molecular weight excluding hydrogens is 318 g/mol. The lowest BCUT2D eigenvalue weighted by atomic mass is 10.0. The van der Waals surface area contributed by atoms with Gasteiger partial charge in [-0.05, 0) is 11.5 Å². The lowest BCUT2D eigenvalue weighted by Crippen LogP contribution is -2.29. The molecule has 0 saturated heterocycles. The van der Waals surface area contributed by atoms with Crippen molar-refractivity contribution < 1.29 is 18.3 Å². The molecule has 0 bridgehead atoms. The van der Waals surface area contributed by atoms with Crippen LogP contribution in [0.25, 0.3) is 0 Å². The first-order chi connectivity index (χ1) is 10.9. The number of aromatic nitrogens is 2. The van der Waals surface area contributed by atoms with E-state index in [9.17, 15) is 13.2 Å². The second kappa shape index (κ2) is 7.30. The van der Waals surface area contributed by atoms with E-state index in [1.165, 1.54) is 0 Å². The van der Waals surface area contributed by atoms with Gasteiger partial charge in [-0.15, -0.1) is 0 Å². The molecule has 0 fully saturated rings. The fourth-order valence-electron chi connectivity index (χ4n) is 2.00. The van der Waals surface area contributed by atoms with E-state index in [-0.39, 0.29) is 29.6 Å². The molecule has 2 rings (SSSR count). The van der Waals surface area contributed by atoms with Crippen molar-refractivity contribution in [1.29, 1.82) is 0 Å². The van der Waals surface area contributed by atoms with E-state index in [4.69, 9.17) is 5.11 Å². The molecule has 1 heterocycles. The third-order valence-electron chi connectivity index (χ3n) is 3.24. The monoisotopic (exact) mass is 335 g/mol. The van der Waals surface area contributed by atoms with Crippen LogP contribution in [0.2, 0.25) is 0 Å². The minimum atomic E-state index is -3.50. The molecule has 0 radical (unpaired) electrons. The number of hydrogen-bond acceptors (Lipinski definition) is 5. The highest BCUT2D eigenvalue weighted by Gasteiger charge is 2.17. The Labute approximate surface area is 134 Å². The molecule has 0 aliphatic carbocycles. The molecule has 8 heteroatoms. The van der Waals surface area contributed by atoms with Crippen molar-refractivity contribution >= 4 is 16.0 Å². The summed E-state index contributed by atoms with van der Waals surface area (Å²) in [7, 11) is -3.50. The number of carboxylic acids is 1. The van der Waals surface area contributed by atoms with E-state index in [2.05, 4.69) is 14.7 Å². The highest BCUT2D eigenvalue weighted by Crippen LogP contribution is 2.16. The first-order valence-electron chi connectivity index (χ1n) is 6.94. The van der Waals surface area contributed by atoms with Gasteiger partial charge in [0.1, 0.15) is 5.82 Å². The maximum absolute atomic E-state index is 12.1. The fraction of sp³-hybridized carbons (Fsp3) is 0.267. The van der Waals surface area contributed by atoms with E-state index in [1.54, 1.807) is 0 Å². The van der Waals surface area contributed by atoms with Gasteiger partial charge >= 0.3 is 5.97 Å². The molecule has 0 saturated carbocycles. The largest absolute Gasteiger partial charge is 0.478 e. The summed E-state index contributed by atoms with van der Waals surface area (Å²) >= 11 is 0. The van der Waals surface area contributed by atoms with Gasteiger partial charge in [0.15, 0.2) is 0 Å². The van der Waals surface area contributed by atoms with Crippen LogP contribution < -0.4 is 4.72 Å². The standard InChI is InChI=1S/C15H17N3O4S/c1-11(12-5-3-2-4-6-12)10-23(21,22)18-9-14-16-7-13(8-17-14)15(19)20/h2-8,11,18H,9-10H2,1H3,(H,19,20). The highest BCUT2D eigenvalue weighted by molar-refractivity contribution is 7.89. The Bertz CT molecular complexity index is 761. The molecule has 0 spiro atoms. The van der Waals surface area contributed by atoms with Crippen molar-refractivity contribution in [1.82, 2.24) is 14.7 Å². The van der Waals surface area contributed by atoms with Crippen LogP contribution in [0.5, 0.6) is 0 Å². The van der Waals surface area contributed by atoms with Gasteiger partial charge in [0.05, 0.1) is 17.9 Å². The Kier molecular flexibility index (Phi) is 5.41. The van der Waals surface area contributed by atoms with Crippen molar-refractivity contribution in [2.75, 3.05) is 5.75 Å². The first kappa shape index (κ1) is 17.0. The van der Waals surface area contributed by atoms with E-state index in [1.807, 2.05) is 37.3 Å². The molecule has 122 valence electrons. The number of carbonyl (C=O) groups is 1. The first-order valence-corrected chi connectivity index (χ1v) is 8.59. The molecule has 23 heavy (non-hydrogen) atoms. The Morgan fingerprint density at radius 3 is 2.39 bits per heavy atom. The number of hydrogen-bond donors (Lipinski definition) is 2. The number of nitrogens with zero attached hydrogens (tertiary/aromatic N) is 2. The summed E-state index contributed by atoms with van der Waals surface area (Å²) in [5.41, 5.74) is 0.897. The highest BCUT2D eigenvalue weighted by atomic mass is 32.2. The molecule has 2 N–H and O–H groups in total. The van der Waals surface area contributed by atoms with Crippen molar-refractivity contribution in [3.63, 3.8) is 0 Å². The minimum Gasteiger partial charge on any atom is -0.478 e. The van der Waals surface area contributed by atoms with Gasteiger partial charge in [-0.1, -0.05) is 37.3 Å². The van der Waals surface area contributed by atoms with Gasteiger partial charge in [-0.2, -0.15) is 0 Å². The summed E-state index contributed by atoms with van der Waals surface area (Å²) in [6.07, 6.45) is 2.29. The van der Waals surface area contributed by atoms with Gasteiger partial charge in [0.2, 0.25) is 10.0 Å². The summed E-state index contributed by atoms with van der Waals surface area (Å²) in [5.74, 6) is -1.12. The van der Waals surface area contributed by atoms with Gasteiger partial charge in [-0.3, -0.25) is 0 Å². The predicted molar refractivity (Wildman–Crippen MR) is 84.5 cm³/mol. The number of sulfonamides is 1. The maximum atomic E-state index is 12.1. The lowest BCUT2D eigenvalue weighted by molar-refractivity contribution is 0.0696. The average Bonchev–Trinajstić information content (AvgIpc) is 2.54. The molecule has 1 aromatic heterocycles. The molecule has 7 nitrogen and oxygen atoms in total. The molecule has 2 aromatic rings. The number of carboxylic acid groups (broad SMARTS) is 1. The summed E-state index contributed by atoms with van der Waals surface area (Å²) in [6, 6.07) is 9.37. The zero-order valence-electron chi connectivity index (χ0n) is 12.5. The van der Waals surface area contributed by atoms with Gasteiger partial charge in [-0.25, -0.2) is 27.9 Å². The van der Waals surface area contributed by atoms with Gasteiger partial charge < -0.3 is 5.11 Å². The van der Waals surface area contributed by atoms with Crippen molar-refractivity contribution in [2.45, 2.75) is 19.4 Å². The Morgan fingerprint density at radius 1 is 1.22 bits per heavy atom. The van der Waals surface area contributed by atoms with E-state index >= 15 is 0 Å². The lowest BCUT2D eigenvalue weighted by Gasteiger charge is -2.12. The third kappa shape index (κ3) is 5.11. The molecule has 1 aromatic carbocycles. The molecule has 1 unspecified atom stereocenters. The number of benzene rings is 1. The quantitative estimate of drug-likeness (QED) is 0.791. The SMILES string of the molecule is CC(CS(=O)(=O)NCc1ncc(C(=O)O)cn1)c1ccccc1. The number of aromatic carboxylic acids is 1. The Balaban J connectivity index is 1.94. The number of rotatable bonds is 7. The zero-order valence-corrected chi connectivity index (χ0v) is 13.3. The van der Waals surface area contributed by atoms with Gasteiger partial charge in [0.25, 0.3) is 0 Å². The van der Waals surface area contributed by atoms with Crippen LogP contribution in [0.1, 0.15) is 34.6 Å². The van der Waals surface area contributed by atoms with Gasteiger partial charge in [0, 0.05) is 12.4 Å². The van der Waals surface area contributed by atoms with Crippen LogP contribution >= 0.6 is 0 Å². The Hall–Kier alpha value is -2.32. The fourth-order valence-corrected chi connectivity index (χ4v) is 3.31. The van der Waals surface area contributed by atoms with E-state index in [0.29, 0.717) is 0 Å². The molecule has 0 amide bonds. The van der Waals surface area contributed by atoms with E-state index < -0.39 is 16.0 Å². The minimum absolute atomic E-state index is 0.0469. The maximum Gasteiger partial charge on any atom is 0.338 e. The normalized spacial score (nSPS) is 12.7. The van der Waals surface area contributed by atoms with Crippen LogP contribution in [0.3, 0.4) is 0 Å². The second-order valence-electron chi connectivity index (χ2n) is 5.11. The van der Waals surface area contributed by atoms with Crippen LogP contribution in [-0.2, 0) is 16.6 Å².